The van der Waals surface area contributed by atoms with Gasteiger partial charge in [0.15, 0.2) is 0 Å². The molecule has 7 heteroatoms. The summed E-state index contributed by atoms with van der Waals surface area (Å²) in [6.07, 6.45) is -0.167. The van der Waals surface area contributed by atoms with Gasteiger partial charge in [0, 0.05) is 18.2 Å². The number of carbonyl (C=O) groups is 1. The maximum Gasteiger partial charge on any atom is 0.307 e. The molecule has 0 fully saturated rings. The molecular formula is C11H16ClNO5. The Morgan fingerprint density at radius 2 is 1.83 bits per heavy atom. The molecule has 0 radical (unpaired) electrons. The maximum atomic E-state index is 11.2. The Hall–Kier alpha value is -1.66. The second-order valence-corrected chi connectivity index (χ2v) is 3.51. The average Bonchev–Trinajstić information content (AvgIpc) is 2.15. The van der Waals surface area contributed by atoms with E-state index >= 15 is 0 Å². The quantitative estimate of drug-likeness (QED) is 0.615. The topological polar surface area (TPSA) is 113 Å². The predicted octanol–water partition coefficient (Wildman–Crippen LogP) is 1.18. The molecule has 1 rings (SSSR count). The van der Waals surface area contributed by atoms with Crippen LogP contribution < -0.4 is 5.73 Å². The van der Waals surface area contributed by atoms with Gasteiger partial charge >= 0.3 is 5.97 Å². The molecule has 102 valence electrons. The molecule has 1 aromatic rings. The van der Waals surface area contributed by atoms with Crippen LogP contribution in [0.15, 0.2) is 12.1 Å². The van der Waals surface area contributed by atoms with Crippen molar-refractivity contribution in [2.45, 2.75) is 19.4 Å². The van der Waals surface area contributed by atoms with Crippen molar-refractivity contribution in [1.82, 2.24) is 0 Å². The summed E-state index contributed by atoms with van der Waals surface area (Å²) in [5.41, 5.74) is 5.69. The summed E-state index contributed by atoms with van der Waals surface area (Å²) in [6, 6.07) is 1.19. The lowest BCUT2D eigenvalue weighted by atomic mass is 10.0. The first kappa shape index (κ1) is 16.3. The zero-order valence-corrected chi connectivity index (χ0v) is 10.6. The van der Waals surface area contributed by atoms with Gasteiger partial charge in [0.1, 0.15) is 17.2 Å². The van der Waals surface area contributed by atoms with Crippen molar-refractivity contribution in [1.29, 1.82) is 0 Å². The average molecular weight is 278 g/mol. The summed E-state index contributed by atoms with van der Waals surface area (Å²) < 4.78 is 4.71. The molecule has 1 aromatic carbocycles. The van der Waals surface area contributed by atoms with Gasteiger partial charge in [0.2, 0.25) is 0 Å². The van der Waals surface area contributed by atoms with Gasteiger partial charge in [-0.25, -0.2) is 0 Å². The van der Waals surface area contributed by atoms with Crippen molar-refractivity contribution in [2.24, 2.45) is 5.73 Å². The summed E-state index contributed by atoms with van der Waals surface area (Å²) >= 11 is 0. The SMILES string of the molecule is CCOC(=O)C[C@H](N)c1c(O)cc(O)cc1O.Cl. The second-order valence-electron chi connectivity index (χ2n) is 3.51. The predicted molar refractivity (Wildman–Crippen MR) is 66.9 cm³/mol. The van der Waals surface area contributed by atoms with E-state index in [4.69, 9.17) is 15.6 Å². The molecule has 0 heterocycles. The van der Waals surface area contributed by atoms with Crippen LogP contribution in [0.4, 0.5) is 0 Å². The van der Waals surface area contributed by atoms with Gasteiger partial charge in [0.25, 0.3) is 0 Å². The van der Waals surface area contributed by atoms with Crippen LogP contribution in [0.25, 0.3) is 0 Å². The fourth-order valence-corrected chi connectivity index (χ4v) is 1.49. The lowest BCUT2D eigenvalue weighted by Gasteiger charge is -2.14. The fourth-order valence-electron chi connectivity index (χ4n) is 1.49. The highest BCUT2D eigenvalue weighted by atomic mass is 35.5. The molecule has 6 nitrogen and oxygen atoms in total. The molecule has 5 N–H and O–H groups in total. The van der Waals surface area contributed by atoms with E-state index in [-0.39, 0.29) is 48.2 Å². The Labute approximate surface area is 110 Å². The minimum atomic E-state index is -0.894. The smallest absolute Gasteiger partial charge is 0.307 e. The van der Waals surface area contributed by atoms with E-state index in [9.17, 15) is 15.0 Å². The molecule has 18 heavy (non-hydrogen) atoms. The molecule has 0 aromatic heterocycles. The molecule has 0 aliphatic rings. The normalized spacial score (nSPS) is 11.4. The van der Waals surface area contributed by atoms with E-state index in [1.807, 2.05) is 0 Å². The number of esters is 1. The van der Waals surface area contributed by atoms with E-state index in [2.05, 4.69) is 0 Å². The van der Waals surface area contributed by atoms with Crippen LogP contribution in [-0.2, 0) is 9.53 Å². The molecular weight excluding hydrogens is 262 g/mol. The van der Waals surface area contributed by atoms with E-state index in [0.29, 0.717) is 0 Å². The third kappa shape index (κ3) is 3.97. The van der Waals surface area contributed by atoms with Crippen LogP contribution in [0.5, 0.6) is 17.2 Å². The summed E-state index contributed by atoms with van der Waals surface area (Å²) in [6.45, 7) is 1.90. The number of carbonyl (C=O) groups excluding carboxylic acids is 1. The minimum absolute atomic E-state index is 0. The molecule has 0 aliphatic carbocycles. The van der Waals surface area contributed by atoms with Crippen LogP contribution in [-0.4, -0.2) is 27.9 Å². The van der Waals surface area contributed by atoms with Gasteiger partial charge in [-0.2, -0.15) is 0 Å². The largest absolute Gasteiger partial charge is 0.508 e. The van der Waals surface area contributed by atoms with Crippen LogP contribution in [0.3, 0.4) is 0 Å². The standard InChI is InChI=1S/C11H15NO5.ClH/c1-2-17-10(16)5-7(12)11-8(14)3-6(13)4-9(11)15;/h3-4,7,13-15H,2,5,12H2,1H3;1H/t7-;/m0./s1. The number of ether oxygens (including phenoxy) is 1. The van der Waals surface area contributed by atoms with Gasteiger partial charge < -0.3 is 25.8 Å². The molecule has 0 amide bonds. The number of rotatable bonds is 4. The third-order valence-electron chi connectivity index (χ3n) is 2.18. The van der Waals surface area contributed by atoms with Gasteiger partial charge in [-0.15, -0.1) is 12.4 Å². The highest BCUT2D eigenvalue weighted by Crippen LogP contribution is 2.36. The van der Waals surface area contributed by atoms with Crippen LogP contribution >= 0.6 is 12.4 Å². The van der Waals surface area contributed by atoms with Crippen molar-refractivity contribution in [2.75, 3.05) is 6.61 Å². The summed E-state index contributed by atoms with van der Waals surface area (Å²) in [5.74, 6) is -1.53. The van der Waals surface area contributed by atoms with Gasteiger partial charge in [0.05, 0.1) is 18.6 Å². The van der Waals surface area contributed by atoms with Crippen molar-refractivity contribution in [3.8, 4) is 17.2 Å². The Morgan fingerprint density at radius 3 is 2.28 bits per heavy atom. The van der Waals surface area contributed by atoms with Gasteiger partial charge in [-0.3, -0.25) is 4.79 Å². The first-order chi connectivity index (χ1) is 7.95. The summed E-state index contributed by atoms with van der Waals surface area (Å²) in [7, 11) is 0. The van der Waals surface area contributed by atoms with Crippen molar-refractivity contribution in [3.05, 3.63) is 17.7 Å². The molecule has 0 aliphatic heterocycles. The molecule has 0 saturated heterocycles. The van der Waals surface area contributed by atoms with Crippen LogP contribution in [0.1, 0.15) is 24.9 Å². The highest BCUT2D eigenvalue weighted by Gasteiger charge is 2.20. The first-order valence-corrected chi connectivity index (χ1v) is 5.11. The van der Waals surface area contributed by atoms with Gasteiger partial charge in [-0.05, 0) is 6.92 Å². The number of phenols is 3. The Morgan fingerprint density at radius 1 is 1.33 bits per heavy atom. The minimum Gasteiger partial charge on any atom is -0.508 e. The number of benzene rings is 1. The lowest BCUT2D eigenvalue weighted by molar-refractivity contribution is -0.143. The fraction of sp³-hybridized carbons (Fsp3) is 0.364. The van der Waals surface area contributed by atoms with E-state index in [1.54, 1.807) is 6.92 Å². The molecule has 0 unspecified atom stereocenters. The van der Waals surface area contributed by atoms with E-state index in [0.717, 1.165) is 12.1 Å². The maximum absolute atomic E-state index is 11.2. The number of nitrogens with two attached hydrogens (primary N) is 1. The summed E-state index contributed by atoms with van der Waals surface area (Å²) in [4.78, 5) is 11.2. The number of phenolic OH excluding ortho intramolecular Hbond substituents is 3. The molecule has 0 saturated carbocycles. The van der Waals surface area contributed by atoms with E-state index in [1.165, 1.54) is 0 Å². The molecule has 0 bridgehead atoms. The summed E-state index contributed by atoms with van der Waals surface area (Å²) in [5, 5.41) is 28.2. The lowest BCUT2D eigenvalue weighted by Crippen LogP contribution is -2.17. The Kier molecular flexibility index (Phi) is 6.29. The second kappa shape index (κ2) is 6.93. The van der Waals surface area contributed by atoms with Crippen molar-refractivity contribution >= 4 is 18.4 Å². The highest BCUT2D eigenvalue weighted by molar-refractivity contribution is 5.85. The zero-order valence-electron chi connectivity index (χ0n) is 9.79. The third-order valence-corrected chi connectivity index (χ3v) is 2.18. The zero-order chi connectivity index (χ0) is 13.0. The Balaban J connectivity index is 0.00000289. The van der Waals surface area contributed by atoms with Crippen molar-refractivity contribution < 1.29 is 24.9 Å². The first-order valence-electron chi connectivity index (χ1n) is 5.11. The number of aromatic hydroxyl groups is 3. The monoisotopic (exact) mass is 277 g/mol. The van der Waals surface area contributed by atoms with E-state index < -0.39 is 12.0 Å². The van der Waals surface area contributed by atoms with Crippen LogP contribution in [0, 0.1) is 0 Å². The Bertz CT molecular complexity index is 401. The molecule has 1 atom stereocenters. The van der Waals surface area contributed by atoms with Crippen LogP contribution in [0.2, 0.25) is 0 Å². The number of halogens is 1. The number of hydrogen-bond donors (Lipinski definition) is 4. The van der Waals surface area contributed by atoms with Crippen molar-refractivity contribution in [3.63, 3.8) is 0 Å². The number of hydrogen-bond acceptors (Lipinski definition) is 6. The van der Waals surface area contributed by atoms with Gasteiger partial charge in [-0.1, -0.05) is 0 Å². The molecule has 0 spiro atoms.